The van der Waals surface area contributed by atoms with E-state index in [0.717, 1.165) is 40.5 Å². The second-order valence-electron chi connectivity index (χ2n) is 8.63. The summed E-state index contributed by atoms with van der Waals surface area (Å²) in [5.74, 6) is 1.11. The summed E-state index contributed by atoms with van der Waals surface area (Å²) >= 11 is 6.10. The number of rotatable bonds is 7. The summed E-state index contributed by atoms with van der Waals surface area (Å²) in [5.41, 5.74) is 4.67. The first-order chi connectivity index (χ1) is 16.7. The highest BCUT2D eigenvalue weighted by Crippen LogP contribution is 2.31. The fourth-order valence-corrected chi connectivity index (χ4v) is 4.46. The smallest absolute Gasteiger partial charge is 0.119 e. The minimum absolute atomic E-state index is 0.234. The molecule has 0 unspecified atom stereocenters. The zero-order valence-corrected chi connectivity index (χ0v) is 19.8. The molecular weight excluding hydrogens is 446 g/mol. The van der Waals surface area contributed by atoms with Crippen molar-refractivity contribution in [1.29, 1.82) is 0 Å². The highest BCUT2D eigenvalue weighted by atomic mass is 35.5. The van der Waals surface area contributed by atoms with Crippen molar-refractivity contribution >= 4 is 11.6 Å². The molecule has 5 rings (SSSR count). The molecule has 1 fully saturated rings. The minimum Gasteiger partial charge on any atom is -0.508 e. The highest BCUT2D eigenvalue weighted by Gasteiger charge is 2.14. The molecular formula is C28H28ClN3O2. The van der Waals surface area contributed by atoms with Gasteiger partial charge in [-0.2, -0.15) is 5.10 Å². The van der Waals surface area contributed by atoms with Crippen molar-refractivity contribution < 1.29 is 9.84 Å². The van der Waals surface area contributed by atoms with E-state index < -0.39 is 0 Å². The molecule has 4 aromatic rings. The van der Waals surface area contributed by atoms with Crippen molar-refractivity contribution in [3.63, 3.8) is 0 Å². The number of nitrogens with zero attached hydrogens (tertiary/aromatic N) is 3. The Hall–Kier alpha value is -3.28. The molecule has 5 nitrogen and oxygen atoms in total. The number of likely N-dealkylation sites (tertiary alicyclic amines) is 1. The van der Waals surface area contributed by atoms with Gasteiger partial charge in [-0.25, -0.2) is 4.68 Å². The van der Waals surface area contributed by atoms with Crippen LogP contribution in [0.1, 0.15) is 19.3 Å². The van der Waals surface area contributed by atoms with E-state index in [0.29, 0.717) is 11.6 Å². The van der Waals surface area contributed by atoms with Gasteiger partial charge in [0.05, 0.1) is 17.1 Å². The lowest BCUT2D eigenvalue weighted by Gasteiger charge is -2.26. The Labute approximate surface area is 205 Å². The van der Waals surface area contributed by atoms with E-state index in [1.54, 1.807) is 12.1 Å². The second-order valence-corrected chi connectivity index (χ2v) is 9.06. The third-order valence-corrected chi connectivity index (χ3v) is 6.47. The molecule has 1 aromatic heterocycles. The maximum Gasteiger partial charge on any atom is 0.119 e. The van der Waals surface area contributed by atoms with Gasteiger partial charge in [0.1, 0.15) is 18.1 Å². The number of hydrogen-bond acceptors (Lipinski definition) is 4. The monoisotopic (exact) mass is 473 g/mol. The van der Waals surface area contributed by atoms with Gasteiger partial charge in [-0.15, -0.1) is 0 Å². The number of benzene rings is 3. The van der Waals surface area contributed by atoms with Crippen LogP contribution in [0.5, 0.6) is 11.5 Å². The van der Waals surface area contributed by atoms with Gasteiger partial charge in [-0.3, -0.25) is 4.90 Å². The molecule has 1 N–H and O–H groups in total. The van der Waals surface area contributed by atoms with Crippen LogP contribution >= 0.6 is 11.6 Å². The first-order valence-electron chi connectivity index (χ1n) is 11.8. The fourth-order valence-electron chi connectivity index (χ4n) is 4.34. The standard InChI is InChI=1S/C28H28ClN3O2/c29-23-8-10-24(11-9-23)32-28(22-4-12-25(33)13-5-22)20-27(30-32)21-6-14-26(15-7-21)34-19-18-31-16-2-1-3-17-31/h4-15,20,33H,1-3,16-19H2. The van der Waals surface area contributed by atoms with E-state index in [9.17, 15) is 5.11 Å². The zero-order chi connectivity index (χ0) is 23.3. The summed E-state index contributed by atoms with van der Waals surface area (Å²) < 4.78 is 7.89. The molecule has 0 aliphatic carbocycles. The summed E-state index contributed by atoms with van der Waals surface area (Å²) in [5, 5.41) is 15.3. The summed E-state index contributed by atoms with van der Waals surface area (Å²) in [7, 11) is 0. The molecule has 1 saturated heterocycles. The van der Waals surface area contributed by atoms with Crippen molar-refractivity contribution in [2.45, 2.75) is 19.3 Å². The minimum atomic E-state index is 0.234. The van der Waals surface area contributed by atoms with Crippen molar-refractivity contribution in [3.8, 4) is 39.7 Å². The summed E-state index contributed by atoms with van der Waals surface area (Å²) in [4.78, 5) is 2.48. The lowest BCUT2D eigenvalue weighted by atomic mass is 10.1. The van der Waals surface area contributed by atoms with E-state index in [2.05, 4.69) is 11.0 Å². The van der Waals surface area contributed by atoms with Gasteiger partial charge in [0, 0.05) is 22.7 Å². The SMILES string of the molecule is Oc1ccc(-c2cc(-c3ccc(OCCN4CCCCC4)cc3)nn2-c2ccc(Cl)cc2)cc1. The average molecular weight is 474 g/mol. The summed E-state index contributed by atoms with van der Waals surface area (Å²) in [6, 6.07) is 24.9. The van der Waals surface area contributed by atoms with Gasteiger partial charge >= 0.3 is 0 Å². The number of phenols is 1. The van der Waals surface area contributed by atoms with Crippen molar-refractivity contribution in [2.24, 2.45) is 0 Å². The van der Waals surface area contributed by atoms with Crippen LogP contribution in [-0.2, 0) is 0 Å². The van der Waals surface area contributed by atoms with E-state index >= 15 is 0 Å². The second kappa shape index (κ2) is 10.3. The highest BCUT2D eigenvalue weighted by molar-refractivity contribution is 6.30. The van der Waals surface area contributed by atoms with Crippen molar-refractivity contribution in [3.05, 3.63) is 83.9 Å². The van der Waals surface area contributed by atoms with Crippen molar-refractivity contribution in [1.82, 2.24) is 14.7 Å². The number of phenolic OH excluding ortho intramolecular Hbond substituents is 1. The number of hydrogen-bond donors (Lipinski definition) is 1. The van der Waals surface area contributed by atoms with Gasteiger partial charge in [-0.1, -0.05) is 18.0 Å². The van der Waals surface area contributed by atoms with Crippen LogP contribution in [0.2, 0.25) is 5.02 Å². The molecule has 0 radical (unpaired) electrons. The summed E-state index contributed by atoms with van der Waals surface area (Å²) in [6.45, 7) is 4.04. The molecule has 1 aliphatic heterocycles. The molecule has 0 bridgehead atoms. The van der Waals surface area contributed by atoms with Crippen LogP contribution in [0.25, 0.3) is 28.2 Å². The van der Waals surface area contributed by atoms with Crippen LogP contribution in [0.4, 0.5) is 0 Å². The topological polar surface area (TPSA) is 50.5 Å². The van der Waals surface area contributed by atoms with E-state index in [1.165, 1.54) is 32.4 Å². The van der Waals surface area contributed by atoms with Crippen LogP contribution in [0.3, 0.4) is 0 Å². The van der Waals surface area contributed by atoms with Gasteiger partial charge in [0.15, 0.2) is 0 Å². The Morgan fingerprint density at radius 2 is 1.50 bits per heavy atom. The number of halogens is 1. The van der Waals surface area contributed by atoms with Crippen molar-refractivity contribution in [2.75, 3.05) is 26.2 Å². The quantitative estimate of drug-likeness (QED) is 0.336. The number of piperidine rings is 1. The number of aromatic hydroxyl groups is 1. The first kappa shape index (κ1) is 22.5. The number of aromatic nitrogens is 2. The molecule has 3 aromatic carbocycles. The first-order valence-corrected chi connectivity index (χ1v) is 12.1. The molecule has 1 aliphatic rings. The molecule has 174 valence electrons. The van der Waals surface area contributed by atoms with Gasteiger partial charge in [0.2, 0.25) is 0 Å². The Morgan fingerprint density at radius 3 is 2.21 bits per heavy atom. The lowest BCUT2D eigenvalue weighted by Crippen LogP contribution is -2.33. The maximum absolute atomic E-state index is 9.71. The van der Waals surface area contributed by atoms with Crippen LogP contribution in [-0.4, -0.2) is 46.0 Å². The Morgan fingerprint density at radius 1 is 0.824 bits per heavy atom. The molecule has 34 heavy (non-hydrogen) atoms. The normalized spacial score (nSPS) is 14.3. The van der Waals surface area contributed by atoms with Crippen LogP contribution in [0.15, 0.2) is 78.9 Å². The molecule has 0 saturated carbocycles. The van der Waals surface area contributed by atoms with Gasteiger partial charge in [0.25, 0.3) is 0 Å². The fraction of sp³-hybridized carbons (Fsp3) is 0.250. The number of ether oxygens (including phenoxy) is 1. The molecule has 2 heterocycles. The average Bonchev–Trinajstić information content (AvgIpc) is 3.31. The van der Waals surface area contributed by atoms with Crippen LogP contribution < -0.4 is 4.74 Å². The zero-order valence-electron chi connectivity index (χ0n) is 19.0. The lowest BCUT2D eigenvalue weighted by molar-refractivity contribution is 0.183. The van der Waals surface area contributed by atoms with E-state index in [-0.39, 0.29) is 5.75 Å². The Kier molecular flexibility index (Phi) is 6.84. The van der Waals surface area contributed by atoms with Gasteiger partial charge in [-0.05, 0) is 105 Å². The van der Waals surface area contributed by atoms with E-state index in [1.807, 2.05) is 65.3 Å². The predicted molar refractivity (Wildman–Crippen MR) is 137 cm³/mol. The van der Waals surface area contributed by atoms with Gasteiger partial charge < -0.3 is 9.84 Å². The molecule has 6 heteroatoms. The molecule has 0 amide bonds. The Bertz CT molecular complexity index is 1150. The third kappa shape index (κ3) is 5.27. The maximum atomic E-state index is 9.71. The third-order valence-electron chi connectivity index (χ3n) is 6.22. The Balaban J connectivity index is 1.37. The summed E-state index contributed by atoms with van der Waals surface area (Å²) in [6.07, 6.45) is 3.94. The molecule has 0 spiro atoms. The largest absolute Gasteiger partial charge is 0.508 e. The molecule has 0 atom stereocenters. The predicted octanol–water partition coefficient (Wildman–Crippen LogP) is 6.43. The van der Waals surface area contributed by atoms with Crippen LogP contribution in [0, 0.1) is 0 Å². The van der Waals surface area contributed by atoms with E-state index in [4.69, 9.17) is 21.4 Å².